The van der Waals surface area contributed by atoms with E-state index in [2.05, 4.69) is 36.1 Å². The summed E-state index contributed by atoms with van der Waals surface area (Å²) in [5.41, 5.74) is 1.16. The van der Waals surface area contributed by atoms with Crippen LogP contribution in [-0.4, -0.2) is 61.2 Å². The highest BCUT2D eigenvalue weighted by Gasteiger charge is 2.25. The van der Waals surface area contributed by atoms with Crippen LogP contribution in [0, 0.1) is 0 Å². The van der Waals surface area contributed by atoms with Crippen LogP contribution < -0.4 is 5.32 Å². The number of piperazine rings is 1. The molecule has 1 aromatic carbocycles. The molecule has 0 amide bonds. The molecule has 0 aliphatic carbocycles. The number of rotatable bonds is 4. The Morgan fingerprint density at radius 3 is 2.85 bits per heavy atom. The third-order valence-corrected chi connectivity index (χ3v) is 4.04. The van der Waals surface area contributed by atoms with Crippen molar-refractivity contribution < 1.29 is 5.11 Å². The Bertz CT molecular complexity index is 453. The number of nitrogens with one attached hydrogen (secondary N) is 1. The minimum atomic E-state index is 0.146. The van der Waals surface area contributed by atoms with Crippen LogP contribution in [0.3, 0.4) is 0 Å². The second kappa shape index (κ2) is 6.76. The molecule has 20 heavy (non-hydrogen) atoms. The maximum absolute atomic E-state index is 9.59. The predicted molar refractivity (Wildman–Crippen MR) is 83.4 cm³/mol. The number of phenolic OH excluding ortho intramolecular Hbond substituents is 1. The lowest BCUT2D eigenvalue weighted by molar-refractivity contribution is 0.125. The molecule has 0 aromatic heterocycles. The first-order valence-corrected chi connectivity index (χ1v) is 7.45. The van der Waals surface area contributed by atoms with Gasteiger partial charge in [0.2, 0.25) is 0 Å². The summed E-state index contributed by atoms with van der Waals surface area (Å²) in [5, 5.41) is 13.5. The van der Waals surface area contributed by atoms with Gasteiger partial charge in [0.25, 0.3) is 0 Å². The smallest absolute Gasteiger partial charge is 0.134 e. The minimum absolute atomic E-state index is 0.146. The normalized spacial score (nSPS) is 22.1. The summed E-state index contributed by atoms with van der Waals surface area (Å²) in [6.07, 6.45) is 0. The van der Waals surface area contributed by atoms with E-state index in [1.165, 1.54) is 0 Å². The predicted octanol–water partition coefficient (Wildman–Crippen LogP) is 1.94. The average Bonchev–Trinajstić information content (AvgIpc) is 2.39. The highest BCUT2D eigenvalue weighted by Crippen LogP contribution is 2.30. The third kappa shape index (κ3) is 3.85. The lowest BCUT2D eigenvalue weighted by Crippen LogP contribution is -2.51. The first-order valence-electron chi connectivity index (χ1n) is 7.08. The molecule has 0 spiro atoms. The summed E-state index contributed by atoms with van der Waals surface area (Å²) in [6.45, 7) is 6.21. The van der Waals surface area contributed by atoms with E-state index in [1.807, 2.05) is 12.1 Å². The van der Waals surface area contributed by atoms with Crippen LogP contribution in [0.15, 0.2) is 18.2 Å². The van der Waals surface area contributed by atoms with Crippen LogP contribution >= 0.6 is 11.6 Å². The molecule has 1 fully saturated rings. The standard InChI is InChI=1S/C15H24ClN3O/c1-11-9-19(7-6-17-11)14(10-18(2)3)12-4-5-15(20)13(16)8-12/h4-5,8,11,14,17,20H,6-7,9-10H2,1-3H3. The lowest BCUT2D eigenvalue weighted by atomic mass is 10.0. The summed E-state index contributed by atoms with van der Waals surface area (Å²) in [7, 11) is 4.17. The van der Waals surface area contributed by atoms with E-state index in [0.717, 1.165) is 31.7 Å². The molecule has 1 aliphatic rings. The molecule has 1 heterocycles. The van der Waals surface area contributed by atoms with Crippen LogP contribution in [0.5, 0.6) is 5.75 Å². The molecule has 112 valence electrons. The molecular formula is C15H24ClN3O. The Morgan fingerprint density at radius 2 is 2.25 bits per heavy atom. The van der Waals surface area contributed by atoms with Gasteiger partial charge in [0, 0.05) is 38.3 Å². The maximum Gasteiger partial charge on any atom is 0.134 e. The molecule has 2 N–H and O–H groups in total. The van der Waals surface area contributed by atoms with Crippen molar-refractivity contribution in [2.24, 2.45) is 0 Å². The Balaban J connectivity index is 2.23. The van der Waals surface area contributed by atoms with E-state index in [1.54, 1.807) is 6.07 Å². The van der Waals surface area contributed by atoms with Gasteiger partial charge in [0.05, 0.1) is 5.02 Å². The summed E-state index contributed by atoms with van der Waals surface area (Å²) in [5.74, 6) is 0.146. The molecule has 0 bridgehead atoms. The molecule has 1 saturated heterocycles. The molecule has 0 saturated carbocycles. The molecule has 4 nitrogen and oxygen atoms in total. The van der Waals surface area contributed by atoms with Gasteiger partial charge in [-0.25, -0.2) is 0 Å². The molecule has 0 radical (unpaired) electrons. The lowest BCUT2D eigenvalue weighted by Gasteiger charge is -2.39. The van der Waals surface area contributed by atoms with Crippen molar-refractivity contribution >= 4 is 11.6 Å². The van der Waals surface area contributed by atoms with Gasteiger partial charge >= 0.3 is 0 Å². The highest BCUT2D eigenvalue weighted by atomic mass is 35.5. The number of phenols is 1. The number of halogens is 1. The highest BCUT2D eigenvalue weighted by molar-refractivity contribution is 6.32. The second-order valence-corrected chi connectivity index (χ2v) is 6.25. The number of hydrogen-bond donors (Lipinski definition) is 2. The van der Waals surface area contributed by atoms with E-state index in [9.17, 15) is 5.11 Å². The molecule has 5 heteroatoms. The summed E-state index contributed by atoms with van der Waals surface area (Å²) in [4.78, 5) is 4.68. The maximum atomic E-state index is 9.59. The van der Waals surface area contributed by atoms with E-state index in [4.69, 9.17) is 11.6 Å². The first-order chi connectivity index (χ1) is 9.47. The fourth-order valence-electron chi connectivity index (χ4n) is 2.75. The van der Waals surface area contributed by atoms with E-state index in [-0.39, 0.29) is 5.75 Å². The number of likely N-dealkylation sites (N-methyl/N-ethyl adjacent to an activating group) is 1. The fraction of sp³-hybridized carbons (Fsp3) is 0.600. The average molecular weight is 298 g/mol. The van der Waals surface area contributed by atoms with Crippen molar-refractivity contribution in [3.05, 3.63) is 28.8 Å². The van der Waals surface area contributed by atoms with E-state index < -0.39 is 0 Å². The van der Waals surface area contributed by atoms with E-state index >= 15 is 0 Å². The van der Waals surface area contributed by atoms with Crippen LogP contribution in [0.1, 0.15) is 18.5 Å². The van der Waals surface area contributed by atoms with Crippen LogP contribution in [0.25, 0.3) is 0 Å². The molecule has 2 rings (SSSR count). The van der Waals surface area contributed by atoms with Crippen molar-refractivity contribution in [1.82, 2.24) is 15.1 Å². The van der Waals surface area contributed by atoms with Gasteiger partial charge in [-0.15, -0.1) is 0 Å². The first kappa shape index (κ1) is 15.6. The zero-order chi connectivity index (χ0) is 14.7. The van der Waals surface area contributed by atoms with Crippen LogP contribution in [-0.2, 0) is 0 Å². The van der Waals surface area contributed by atoms with Crippen LogP contribution in [0.4, 0.5) is 0 Å². The minimum Gasteiger partial charge on any atom is -0.506 e. The van der Waals surface area contributed by atoms with Crippen molar-refractivity contribution in [2.45, 2.75) is 19.0 Å². The SMILES string of the molecule is CC1CN(C(CN(C)C)c2ccc(O)c(Cl)c2)CCN1. The molecular weight excluding hydrogens is 274 g/mol. The van der Waals surface area contributed by atoms with Gasteiger partial charge < -0.3 is 15.3 Å². The number of benzene rings is 1. The largest absolute Gasteiger partial charge is 0.506 e. The van der Waals surface area contributed by atoms with Gasteiger partial charge in [0.15, 0.2) is 0 Å². The quantitative estimate of drug-likeness (QED) is 0.891. The van der Waals surface area contributed by atoms with Gasteiger partial charge in [-0.05, 0) is 38.7 Å². The number of nitrogens with zero attached hydrogens (tertiary/aromatic N) is 2. The monoisotopic (exact) mass is 297 g/mol. The number of hydrogen-bond acceptors (Lipinski definition) is 4. The Kier molecular flexibility index (Phi) is 5.27. The Morgan fingerprint density at radius 1 is 1.50 bits per heavy atom. The summed E-state index contributed by atoms with van der Waals surface area (Å²) >= 11 is 6.07. The summed E-state index contributed by atoms with van der Waals surface area (Å²) in [6, 6.07) is 6.35. The van der Waals surface area contributed by atoms with Crippen LogP contribution in [0.2, 0.25) is 5.02 Å². The van der Waals surface area contributed by atoms with Gasteiger partial charge in [0.1, 0.15) is 5.75 Å². The van der Waals surface area contributed by atoms with Gasteiger partial charge in [-0.1, -0.05) is 17.7 Å². The molecule has 2 unspecified atom stereocenters. The Labute approximate surface area is 126 Å². The molecule has 1 aromatic rings. The van der Waals surface area contributed by atoms with Crippen molar-refractivity contribution in [3.63, 3.8) is 0 Å². The third-order valence-electron chi connectivity index (χ3n) is 3.74. The van der Waals surface area contributed by atoms with E-state index in [0.29, 0.717) is 17.1 Å². The number of aromatic hydroxyl groups is 1. The molecule has 1 aliphatic heterocycles. The fourth-order valence-corrected chi connectivity index (χ4v) is 2.94. The van der Waals surface area contributed by atoms with Crippen molar-refractivity contribution in [3.8, 4) is 5.75 Å². The zero-order valence-electron chi connectivity index (χ0n) is 12.4. The van der Waals surface area contributed by atoms with Gasteiger partial charge in [-0.3, -0.25) is 4.90 Å². The second-order valence-electron chi connectivity index (χ2n) is 5.84. The molecule has 2 atom stereocenters. The van der Waals surface area contributed by atoms with Gasteiger partial charge in [-0.2, -0.15) is 0 Å². The van der Waals surface area contributed by atoms with Crippen molar-refractivity contribution in [1.29, 1.82) is 0 Å². The Hall–Kier alpha value is -0.810. The zero-order valence-corrected chi connectivity index (χ0v) is 13.2. The topological polar surface area (TPSA) is 38.7 Å². The van der Waals surface area contributed by atoms with Crippen molar-refractivity contribution in [2.75, 3.05) is 40.3 Å². The summed E-state index contributed by atoms with van der Waals surface area (Å²) < 4.78 is 0.